The fourth-order valence-corrected chi connectivity index (χ4v) is 2.28. The summed E-state index contributed by atoms with van der Waals surface area (Å²) < 4.78 is 12.9. The smallest absolute Gasteiger partial charge is 0.153 e. The van der Waals surface area contributed by atoms with Crippen LogP contribution >= 0.6 is 0 Å². The fourth-order valence-electron chi connectivity index (χ4n) is 2.28. The first-order valence-corrected chi connectivity index (χ1v) is 8.46. The summed E-state index contributed by atoms with van der Waals surface area (Å²) in [5.74, 6) is 2.12. The lowest BCUT2D eigenvalue weighted by atomic mass is 10.2. The molecule has 0 unspecified atom stereocenters. The van der Waals surface area contributed by atoms with E-state index < -0.39 is 0 Å². The second-order valence-electron chi connectivity index (χ2n) is 4.86. The van der Waals surface area contributed by atoms with E-state index >= 15 is 0 Å². The molecule has 0 saturated heterocycles. The van der Waals surface area contributed by atoms with E-state index in [4.69, 9.17) is 15.2 Å². The largest absolute Gasteiger partial charge is 0.497 e. The molecule has 2 N–H and O–H groups in total. The van der Waals surface area contributed by atoms with Crippen molar-refractivity contribution in [2.45, 2.75) is 40.7 Å². The minimum absolute atomic E-state index is 0.488. The van der Waals surface area contributed by atoms with Gasteiger partial charge in [0.05, 0.1) is 20.0 Å². The zero-order chi connectivity index (χ0) is 17.9. The summed E-state index contributed by atoms with van der Waals surface area (Å²) in [4.78, 5) is 4.23. The SMILES string of the molecule is CC.CCC=C(OCC)c1c(N)ncn1Cc1ccc(OC)cc1. The summed E-state index contributed by atoms with van der Waals surface area (Å²) in [6, 6.07) is 7.95. The molecular weight excluding hydrogens is 302 g/mol. The fraction of sp³-hybridized carbons (Fsp3) is 0.421. The maximum absolute atomic E-state index is 6.03. The Hall–Kier alpha value is -2.43. The molecule has 1 aromatic carbocycles. The molecule has 0 radical (unpaired) electrons. The Morgan fingerprint density at radius 1 is 1.21 bits per heavy atom. The van der Waals surface area contributed by atoms with E-state index in [1.54, 1.807) is 13.4 Å². The third kappa shape index (κ3) is 5.05. The van der Waals surface area contributed by atoms with Gasteiger partial charge in [-0.3, -0.25) is 0 Å². The quantitative estimate of drug-likeness (QED) is 0.767. The average molecular weight is 331 g/mol. The molecule has 0 bridgehead atoms. The van der Waals surface area contributed by atoms with Crippen LogP contribution in [0.25, 0.3) is 5.76 Å². The summed E-state index contributed by atoms with van der Waals surface area (Å²) in [6.45, 7) is 9.31. The number of nitrogens with two attached hydrogens (primary N) is 1. The standard InChI is InChI=1S/C17H23N3O2.C2H6/c1-4-6-15(22-5-2)16-17(18)19-12-20(16)11-13-7-9-14(21-3)10-8-13;1-2/h6-10,12H,4-5,11,18H2,1-3H3;1-2H3. The van der Waals surface area contributed by atoms with Crippen molar-refractivity contribution < 1.29 is 9.47 Å². The lowest BCUT2D eigenvalue weighted by Crippen LogP contribution is -2.06. The highest BCUT2D eigenvalue weighted by atomic mass is 16.5. The van der Waals surface area contributed by atoms with Crippen molar-refractivity contribution in [1.82, 2.24) is 9.55 Å². The van der Waals surface area contributed by atoms with E-state index in [0.29, 0.717) is 19.0 Å². The molecular formula is C19H29N3O2. The average Bonchev–Trinajstić information content (AvgIpc) is 2.97. The van der Waals surface area contributed by atoms with E-state index in [9.17, 15) is 0 Å². The molecule has 0 amide bonds. The highest BCUT2D eigenvalue weighted by Crippen LogP contribution is 2.24. The van der Waals surface area contributed by atoms with Crippen LogP contribution in [0.15, 0.2) is 36.7 Å². The lowest BCUT2D eigenvalue weighted by molar-refractivity contribution is 0.294. The van der Waals surface area contributed by atoms with E-state index in [2.05, 4.69) is 11.9 Å². The van der Waals surface area contributed by atoms with Crippen molar-refractivity contribution in [2.24, 2.45) is 0 Å². The van der Waals surface area contributed by atoms with Gasteiger partial charge in [-0.1, -0.05) is 32.9 Å². The van der Waals surface area contributed by atoms with Gasteiger partial charge in [-0.2, -0.15) is 0 Å². The molecule has 1 heterocycles. The summed E-state index contributed by atoms with van der Waals surface area (Å²) in [6.07, 6.45) is 4.65. The molecule has 132 valence electrons. The van der Waals surface area contributed by atoms with E-state index in [0.717, 1.165) is 29.2 Å². The van der Waals surface area contributed by atoms with Gasteiger partial charge in [0.2, 0.25) is 0 Å². The normalized spacial score (nSPS) is 10.8. The van der Waals surface area contributed by atoms with Gasteiger partial charge in [0.1, 0.15) is 17.2 Å². The molecule has 0 spiro atoms. The second kappa shape index (κ2) is 10.4. The van der Waals surface area contributed by atoms with Crippen LogP contribution in [-0.2, 0) is 11.3 Å². The highest BCUT2D eigenvalue weighted by molar-refractivity contribution is 5.66. The zero-order valence-electron chi connectivity index (χ0n) is 15.4. The van der Waals surface area contributed by atoms with Crippen LogP contribution < -0.4 is 10.5 Å². The van der Waals surface area contributed by atoms with Crippen LogP contribution in [-0.4, -0.2) is 23.3 Å². The summed E-state index contributed by atoms with van der Waals surface area (Å²) in [7, 11) is 1.66. The van der Waals surface area contributed by atoms with Crippen molar-refractivity contribution in [3.8, 4) is 5.75 Å². The number of ether oxygens (including phenoxy) is 2. The molecule has 2 rings (SSSR count). The molecule has 24 heavy (non-hydrogen) atoms. The molecule has 2 aromatic rings. The van der Waals surface area contributed by atoms with Gasteiger partial charge in [0.25, 0.3) is 0 Å². The van der Waals surface area contributed by atoms with Gasteiger partial charge in [-0.15, -0.1) is 0 Å². The van der Waals surface area contributed by atoms with Crippen molar-refractivity contribution in [2.75, 3.05) is 19.5 Å². The summed E-state index contributed by atoms with van der Waals surface area (Å²) >= 11 is 0. The lowest BCUT2D eigenvalue weighted by Gasteiger charge is -2.13. The Kier molecular flexibility index (Phi) is 8.47. The predicted octanol–water partition coefficient (Wildman–Crippen LogP) is 4.34. The molecule has 5 heteroatoms. The number of methoxy groups -OCH3 is 1. The molecule has 1 aromatic heterocycles. The molecule has 5 nitrogen and oxygen atoms in total. The van der Waals surface area contributed by atoms with Crippen molar-refractivity contribution >= 4 is 11.6 Å². The summed E-state index contributed by atoms with van der Waals surface area (Å²) in [5, 5.41) is 0. The Morgan fingerprint density at radius 2 is 1.88 bits per heavy atom. The Morgan fingerprint density at radius 3 is 2.42 bits per heavy atom. The van der Waals surface area contributed by atoms with E-state index in [-0.39, 0.29) is 0 Å². The number of hydrogen-bond acceptors (Lipinski definition) is 4. The van der Waals surface area contributed by atoms with Gasteiger partial charge in [0, 0.05) is 6.54 Å². The van der Waals surface area contributed by atoms with Gasteiger partial charge in [-0.05, 0) is 37.1 Å². The Bertz CT molecular complexity index is 631. The molecule has 0 aliphatic heterocycles. The Labute approximate surface area is 145 Å². The topological polar surface area (TPSA) is 62.3 Å². The highest BCUT2D eigenvalue weighted by Gasteiger charge is 2.14. The monoisotopic (exact) mass is 331 g/mol. The van der Waals surface area contributed by atoms with E-state index in [1.807, 2.05) is 55.7 Å². The number of nitrogen functional groups attached to an aromatic ring is 1. The third-order valence-electron chi connectivity index (χ3n) is 3.30. The van der Waals surface area contributed by atoms with Crippen LogP contribution in [0.4, 0.5) is 5.82 Å². The summed E-state index contributed by atoms with van der Waals surface area (Å²) in [5.41, 5.74) is 8.01. The number of hydrogen-bond donors (Lipinski definition) is 1. The molecule has 0 aliphatic rings. The molecule has 0 aliphatic carbocycles. The second-order valence-corrected chi connectivity index (χ2v) is 4.86. The maximum atomic E-state index is 6.03. The van der Waals surface area contributed by atoms with Gasteiger partial charge >= 0.3 is 0 Å². The molecule has 0 fully saturated rings. The number of aromatic nitrogens is 2. The van der Waals surface area contributed by atoms with Crippen LogP contribution in [0, 0.1) is 0 Å². The predicted molar refractivity (Wildman–Crippen MR) is 100.0 cm³/mol. The Balaban J connectivity index is 0.00000139. The van der Waals surface area contributed by atoms with Crippen LogP contribution in [0.2, 0.25) is 0 Å². The number of imidazole rings is 1. The van der Waals surface area contributed by atoms with Crippen LogP contribution in [0.5, 0.6) is 5.75 Å². The van der Waals surface area contributed by atoms with Gasteiger partial charge in [-0.25, -0.2) is 4.98 Å². The minimum atomic E-state index is 0.488. The minimum Gasteiger partial charge on any atom is -0.497 e. The maximum Gasteiger partial charge on any atom is 0.153 e. The number of nitrogens with zero attached hydrogens (tertiary/aromatic N) is 2. The molecule has 0 atom stereocenters. The van der Waals surface area contributed by atoms with E-state index in [1.165, 1.54) is 0 Å². The third-order valence-corrected chi connectivity index (χ3v) is 3.30. The number of benzene rings is 1. The van der Waals surface area contributed by atoms with Crippen LogP contribution in [0.3, 0.4) is 0 Å². The van der Waals surface area contributed by atoms with Crippen molar-refractivity contribution in [3.05, 3.63) is 47.9 Å². The number of rotatable bonds is 7. The first-order valence-electron chi connectivity index (χ1n) is 8.46. The first-order chi connectivity index (χ1) is 11.7. The molecule has 0 saturated carbocycles. The van der Waals surface area contributed by atoms with Gasteiger partial charge in [0.15, 0.2) is 5.82 Å². The van der Waals surface area contributed by atoms with Crippen molar-refractivity contribution in [3.63, 3.8) is 0 Å². The number of allylic oxidation sites excluding steroid dienone is 1. The first kappa shape index (κ1) is 19.6. The van der Waals surface area contributed by atoms with Gasteiger partial charge < -0.3 is 19.8 Å². The zero-order valence-corrected chi connectivity index (χ0v) is 15.4. The number of anilines is 1. The van der Waals surface area contributed by atoms with Crippen molar-refractivity contribution in [1.29, 1.82) is 0 Å². The van der Waals surface area contributed by atoms with Crippen LogP contribution in [0.1, 0.15) is 45.4 Å².